The smallest absolute Gasteiger partial charge is 0.263 e. The molecule has 10 nitrogen and oxygen atoms in total. The number of rotatable bonds is 3. The molecule has 4 N–H and O–H groups in total. The fraction of sp³-hybridized carbons (Fsp3) is 0.300. The van der Waals surface area contributed by atoms with Crippen LogP contribution in [0.2, 0.25) is 5.02 Å². The second-order valence-corrected chi connectivity index (χ2v) is 7.47. The maximum absolute atomic E-state index is 12.4. The zero-order chi connectivity index (χ0) is 22.1. The molecule has 1 aromatic carbocycles. The van der Waals surface area contributed by atoms with Crippen molar-refractivity contribution in [1.82, 2.24) is 29.7 Å². The summed E-state index contributed by atoms with van der Waals surface area (Å²) in [5, 5.41) is 8.49. The number of aromatic nitrogens is 6. The number of fused-ring (bicyclic) bond motifs is 1. The van der Waals surface area contributed by atoms with E-state index in [0.717, 1.165) is 25.1 Å². The summed E-state index contributed by atoms with van der Waals surface area (Å²) in [6.45, 7) is 3.70. The molecule has 0 saturated heterocycles. The molecule has 0 aliphatic heterocycles. The number of halogens is 1. The molecule has 1 saturated carbocycles. The Bertz CT molecular complexity index is 1290. The average molecular weight is 441 g/mol. The molecule has 11 heteroatoms. The second-order valence-electron chi connectivity index (χ2n) is 7.07. The van der Waals surface area contributed by atoms with E-state index in [4.69, 9.17) is 27.5 Å². The van der Waals surface area contributed by atoms with Crippen molar-refractivity contribution < 1.29 is 4.42 Å². The van der Waals surface area contributed by atoms with Crippen molar-refractivity contribution in [2.75, 3.05) is 11.5 Å². The van der Waals surface area contributed by atoms with E-state index in [2.05, 4.69) is 25.1 Å². The van der Waals surface area contributed by atoms with Crippen molar-refractivity contribution in [2.45, 2.75) is 39.2 Å². The van der Waals surface area contributed by atoms with Crippen molar-refractivity contribution in [3.05, 3.63) is 51.6 Å². The van der Waals surface area contributed by atoms with E-state index in [1.807, 2.05) is 23.6 Å². The normalized spacial score (nSPS) is 13.1. The summed E-state index contributed by atoms with van der Waals surface area (Å²) in [7, 11) is 0. The summed E-state index contributed by atoms with van der Waals surface area (Å²) < 4.78 is 7.00. The molecule has 0 radical (unpaired) electrons. The predicted molar refractivity (Wildman–Crippen MR) is 118 cm³/mol. The molecular weight excluding hydrogens is 420 g/mol. The third-order valence-corrected chi connectivity index (χ3v) is 5.14. The van der Waals surface area contributed by atoms with E-state index in [9.17, 15) is 4.79 Å². The van der Waals surface area contributed by atoms with E-state index in [-0.39, 0.29) is 23.1 Å². The molecule has 1 fully saturated rings. The number of benzene rings is 1. The molecule has 0 atom stereocenters. The van der Waals surface area contributed by atoms with Gasteiger partial charge in [0.15, 0.2) is 0 Å². The number of aryl methyl sites for hydroxylation is 2. The number of nitrogens with zero attached hydrogens (tertiary/aromatic N) is 6. The van der Waals surface area contributed by atoms with Crippen molar-refractivity contribution in [3.63, 3.8) is 0 Å². The Morgan fingerprint density at radius 3 is 2.48 bits per heavy atom. The summed E-state index contributed by atoms with van der Waals surface area (Å²) >= 11 is 6.10. The van der Waals surface area contributed by atoms with Gasteiger partial charge in [-0.1, -0.05) is 24.6 Å². The van der Waals surface area contributed by atoms with Gasteiger partial charge in [-0.3, -0.25) is 9.36 Å². The minimum Gasteiger partial charge on any atom is -0.421 e. The van der Waals surface area contributed by atoms with E-state index in [0.29, 0.717) is 33.4 Å². The number of nitrogens with two attached hydrogens (primary N) is 2. The van der Waals surface area contributed by atoms with Crippen LogP contribution in [0.15, 0.2) is 33.7 Å². The molecule has 1 aliphatic rings. The summed E-state index contributed by atoms with van der Waals surface area (Å²) in [5.41, 5.74) is 12.3. The number of hydrogen-bond donors (Lipinski definition) is 2. The fourth-order valence-electron chi connectivity index (χ4n) is 3.24. The van der Waals surface area contributed by atoms with Crippen LogP contribution in [0.3, 0.4) is 0 Å². The Kier molecular flexibility index (Phi) is 5.55. The van der Waals surface area contributed by atoms with E-state index >= 15 is 0 Å². The molecule has 3 aromatic heterocycles. The molecule has 0 unspecified atom stereocenters. The van der Waals surface area contributed by atoms with Gasteiger partial charge >= 0.3 is 0 Å². The van der Waals surface area contributed by atoms with Gasteiger partial charge in [0.05, 0.1) is 15.9 Å². The second kappa shape index (κ2) is 8.31. The van der Waals surface area contributed by atoms with Gasteiger partial charge < -0.3 is 15.9 Å². The summed E-state index contributed by atoms with van der Waals surface area (Å²) in [6, 6.07) is 5.76. The van der Waals surface area contributed by atoms with Crippen LogP contribution in [0.4, 0.5) is 11.6 Å². The molecule has 5 rings (SSSR count). The Balaban J connectivity index is 0.000000152. The quantitative estimate of drug-likeness (QED) is 0.489. The van der Waals surface area contributed by atoms with Crippen LogP contribution in [0.25, 0.3) is 22.4 Å². The molecule has 160 valence electrons. The van der Waals surface area contributed by atoms with Gasteiger partial charge in [-0.25, -0.2) is 15.0 Å². The minimum absolute atomic E-state index is 0.0138. The van der Waals surface area contributed by atoms with E-state index in [1.165, 1.54) is 6.33 Å². The first kappa shape index (κ1) is 20.7. The zero-order valence-corrected chi connectivity index (χ0v) is 17.8. The Morgan fingerprint density at radius 2 is 1.90 bits per heavy atom. The molecule has 31 heavy (non-hydrogen) atoms. The first-order chi connectivity index (χ1) is 14.9. The van der Waals surface area contributed by atoms with Crippen LogP contribution >= 0.6 is 11.6 Å². The van der Waals surface area contributed by atoms with Crippen LogP contribution in [-0.4, -0.2) is 29.7 Å². The van der Waals surface area contributed by atoms with Crippen LogP contribution in [0.5, 0.6) is 0 Å². The van der Waals surface area contributed by atoms with Crippen LogP contribution in [-0.2, 0) is 6.42 Å². The maximum atomic E-state index is 12.4. The molecule has 0 spiro atoms. The molecule has 3 heterocycles. The first-order valence-electron chi connectivity index (χ1n) is 9.76. The number of nitrogen functional groups attached to an aromatic ring is 2. The number of hydrogen-bond acceptors (Lipinski definition) is 9. The standard InChI is InChI=1S/C13H13ClN2O.C7H8N6O/c1-2-11-15-10-5-3-4-9(14)12(10)13(17)16(11)8-6-7-8;1-3-12-13-7(14-3)4-5(8)10-2-11-6(4)9/h3-5,8H,2,6-7H2,1H3;2H,1H3,(H4,8,9,10,11). The van der Waals surface area contributed by atoms with Gasteiger partial charge in [-0.15, -0.1) is 10.2 Å². The third-order valence-electron chi connectivity index (χ3n) is 4.83. The summed E-state index contributed by atoms with van der Waals surface area (Å²) in [5.74, 6) is 1.98. The fourth-order valence-corrected chi connectivity index (χ4v) is 3.49. The lowest BCUT2D eigenvalue weighted by molar-refractivity contribution is 0.533. The van der Waals surface area contributed by atoms with Crippen LogP contribution in [0.1, 0.15) is 37.5 Å². The highest BCUT2D eigenvalue weighted by Gasteiger charge is 2.28. The van der Waals surface area contributed by atoms with Gasteiger partial charge in [0, 0.05) is 19.4 Å². The van der Waals surface area contributed by atoms with Crippen molar-refractivity contribution >= 4 is 34.1 Å². The molecule has 0 bridgehead atoms. The zero-order valence-electron chi connectivity index (χ0n) is 17.0. The van der Waals surface area contributed by atoms with Gasteiger partial charge in [0.25, 0.3) is 11.4 Å². The van der Waals surface area contributed by atoms with Crippen molar-refractivity contribution in [3.8, 4) is 11.5 Å². The topological polar surface area (TPSA) is 152 Å². The summed E-state index contributed by atoms with van der Waals surface area (Å²) in [4.78, 5) is 24.6. The van der Waals surface area contributed by atoms with E-state index < -0.39 is 0 Å². The number of anilines is 2. The molecular formula is C20H21ClN8O2. The van der Waals surface area contributed by atoms with Crippen LogP contribution < -0.4 is 17.0 Å². The van der Waals surface area contributed by atoms with Gasteiger partial charge in [-0.2, -0.15) is 0 Å². The van der Waals surface area contributed by atoms with E-state index in [1.54, 1.807) is 13.0 Å². The first-order valence-corrected chi connectivity index (χ1v) is 10.1. The lowest BCUT2D eigenvalue weighted by Gasteiger charge is -2.11. The molecule has 4 aromatic rings. The Labute approximate surface area is 182 Å². The monoisotopic (exact) mass is 440 g/mol. The summed E-state index contributed by atoms with van der Waals surface area (Å²) in [6.07, 6.45) is 4.20. The van der Waals surface area contributed by atoms with Crippen molar-refractivity contribution in [1.29, 1.82) is 0 Å². The highest BCUT2D eigenvalue weighted by atomic mass is 35.5. The average Bonchev–Trinajstić information content (AvgIpc) is 3.48. The lowest BCUT2D eigenvalue weighted by atomic mass is 10.2. The van der Waals surface area contributed by atoms with Gasteiger partial charge in [0.1, 0.15) is 29.4 Å². The van der Waals surface area contributed by atoms with Crippen LogP contribution in [0, 0.1) is 6.92 Å². The lowest BCUT2D eigenvalue weighted by Crippen LogP contribution is -2.24. The van der Waals surface area contributed by atoms with Gasteiger partial charge in [-0.05, 0) is 25.0 Å². The van der Waals surface area contributed by atoms with Gasteiger partial charge in [0.2, 0.25) is 5.89 Å². The molecule has 1 aliphatic carbocycles. The Morgan fingerprint density at radius 1 is 1.19 bits per heavy atom. The maximum Gasteiger partial charge on any atom is 0.263 e. The highest BCUT2D eigenvalue weighted by Crippen LogP contribution is 2.35. The SMILES string of the molecule is CCc1nc2cccc(Cl)c2c(=O)n1C1CC1.Cc1nnc(-c2c(N)ncnc2N)o1. The minimum atomic E-state index is 0.0138. The third kappa shape index (κ3) is 4.06. The Hall–Kier alpha value is -3.53. The van der Waals surface area contributed by atoms with Crippen molar-refractivity contribution in [2.24, 2.45) is 0 Å². The predicted octanol–water partition coefficient (Wildman–Crippen LogP) is 2.95. The largest absolute Gasteiger partial charge is 0.421 e. The molecule has 0 amide bonds. The highest BCUT2D eigenvalue weighted by molar-refractivity contribution is 6.35.